The summed E-state index contributed by atoms with van der Waals surface area (Å²) >= 11 is 0. The van der Waals surface area contributed by atoms with Crippen LogP contribution in [0.25, 0.3) is 10.9 Å². The second-order valence-corrected chi connectivity index (χ2v) is 9.31. The van der Waals surface area contributed by atoms with Crippen molar-refractivity contribution in [2.45, 2.75) is 64.2 Å². The van der Waals surface area contributed by atoms with Crippen molar-refractivity contribution in [1.29, 1.82) is 0 Å². The molecule has 182 valence electrons. The molecule has 8 heteroatoms. The summed E-state index contributed by atoms with van der Waals surface area (Å²) in [5.41, 5.74) is 2.59. The van der Waals surface area contributed by atoms with Crippen molar-refractivity contribution in [3.8, 4) is 5.75 Å². The van der Waals surface area contributed by atoms with Crippen LogP contribution in [-0.2, 0) is 13.1 Å². The Balaban J connectivity index is 1.52. The van der Waals surface area contributed by atoms with Crippen LogP contribution in [0.3, 0.4) is 0 Å². The summed E-state index contributed by atoms with van der Waals surface area (Å²) in [5, 5.41) is 13.9. The highest BCUT2D eigenvalue weighted by atomic mass is 16.5. The van der Waals surface area contributed by atoms with Crippen molar-refractivity contribution in [1.82, 2.24) is 30.1 Å². The maximum absolute atomic E-state index is 13.1. The smallest absolute Gasteiger partial charge is 0.252 e. The summed E-state index contributed by atoms with van der Waals surface area (Å²) in [7, 11) is 1.62. The number of aromatic nitrogens is 5. The van der Waals surface area contributed by atoms with Crippen molar-refractivity contribution in [3.05, 3.63) is 81.9 Å². The molecule has 0 aliphatic heterocycles. The molecule has 1 aliphatic carbocycles. The average Bonchev–Trinajstić information content (AvgIpc) is 3.57. The third-order valence-electron chi connectivity index (χ3n) is 7.05. The van der Waals surface area contributed by atoms with Gasteiger partial charge in [-0.25, -0.2) is 4.68 Å². The first-order chi connectivity index (χ1) is 17.2. The van der Waals surface area contributed by atoms with Gasteiger partial charge >= 0.3 is 0 Å². The molecule has 2 aromatic carbocycles. The van der Waals surface area contributed by atoms with Gasteiger partial charge in [-0.3, -0.25) is 9.69 Å². The largest absolute Gasteiger partial charge is 0.497 e. The number of tetrazole rings is 1. The van der Waals surface area contributed by atoms with Crippen LogP contribution in [-0.4, -0.2) is 37.2 Å². The molecule has 8 nitrogen and oxygen atoms in total. The maximum Gasteiger partial charge on any atom is 0.252 e. The summed E-state index contributed by atoms with van der Waals surface area (Å²) in [6.07, 6.45) is 5.49. The summed E-state index contributed by atoms with van der Waals surface area (Å²) in [5.74, 6) is 1.61. The lowest BCUT2D eigenvalue weighted by molar-refractivity contribution is 0.158. The lowest BCUT2D eigenvalue weighted by Crippen LogP contribution is -2.32. The molecule has 5 rings (SSSR count). The Morgan fingerprint density at radius 1 is 1.11 bits per heavy atom. The molecule has 1 atom stereocenters. The Hall–Kier alpha value is -3.52. The van der Waals surface area contributed by atoms with Gasteiger partial charge in [-0.15, -0.1) is 5.10 Å². The number of pyridine rings is 1. The topological polar surface area (TPSA) is 88.9 Å². The molecule has 0 spiro atoms. The van der Waals surface area contributed by atoms with E-state index < -0.39 is 0 Å². The molecular formula is C27H32N6O2. The van der Waals surface area contributed by atoms with Gasteiger partial charge in [0.15, 0.2) is 5.82 Å². The summed E-state index contributed by atoms with van der Waals surface area (Å²) in [6.45, 7) is 3.34. The molecule has 1 aliphatic rings. The first-order valence-corrected chi connectivity index (χ1v) is 12.4. The van der Waals surface area contributed by atoms with E-state index in [1.807, 2.05) is 47.1 Å². The highest BCUT2D eigenvalue weighted by Gasteiger charge is 2.29. The zero-order valence-electron chi connectivity index (χ0n) is 20.4. The average molecular weight is 473 g/mol. The molecule has 1 unspecified atom stereocenters. The SMILES string of the molecule is CCC(c1nnnn1C1CCCC1)N(Cc1ccccc1)Cc1cc2ccc(OC)cc2[nH]c1=O. The number of fused-ring (bicyclic) bond motifs is 1. The quantitative estimate of drug-likeness (QED) is 0.377. The van der Waals surface area contributed by atoms with E-state index in [-0.39, 0.29) is 11.6 Å². The molecule has 4 aromatic rings. The van der Waals surface area contributed by atoms with Crippen molar-refractivity contribution < 1.29 is 4.74 Å². The number of nitrogens with zero attached hydrogens (tertiary/aromatic N) is 5. The lowest BCUT2D eigenvalue weighted by Gasteiger charge is -2.31. The van der Waals surface area contributed by atoms with E-state index in [0.29, 0.717) is 19.1 Å². The van der Waals surface area contributed by atoms with Gasteiger partial charge in [-0.05, 0) is 58.8 Å². The van der Waals surface area contributed by atoms with Crippen molar-refractivity contribution in [3.63, 3.8) is 0 Å². The number of benzene rings is 2. The van der Waals surface area contributed by atoms with Gasteiger partial charge in [0.05, 0.1) is 24.7 Å². The van der Waals surface area contributed by atoms with Crippen LogP contribution in [0.15, 0.2) is 59.4 Å². The van der Waals surface area contributed by atoms with E-state index in [1.54, 1.807) is 7.11 Å². The van der Waals surface area contributed by atoms with Crippen molar-refractivity contribution in [2.75, 3.05) is 7.11 Å². The van der Waals surface area contributed by atoms with E-state index >= 15 is 0 Å². The number of methoxy groups -OCH3 is 1. The Bertz CT molecular complexity index is 1330. The minimum Gasteiger partial charge on any atom is -0.497 e. The van der Waals surface area contributed by atoms with Crippen LogP contribution in [0.1, 0.15) is 68.1 Å². The highest BCUT2D eigenvalue weighted by molar-refractivity contribution is 5.80. The predicted molar refractivity (Wildman–Crippen MR) is 135 cm³/mol. The van der Waals surface area contributed by atoms with E-state index in [0.717, 1.165) is 47.3 Å². The Morgan fingerprint density at radius 2 is 1.91 bits per heavy atom. The monoisotopic (exact) mass is 472 g/mol. The second kappa shape index (κ2) is 10.4. The number of ether oxygens (including phenoxy) is 1. The van der Waals surface area contributed by atoms with Gasteiger partial charge in [0.1, 0.15) is 5.75 Å². The fourth-order valence-electron chi connectivity index (χ4n) is 5.22. The lowest BCUT2D eigenvalue weighted by atomic mass is 10.1. The highest BCUT2D eigenvalue weighted by Crippen LogP contribution is 2.33. The van der Waals surface area contributed by atoms with Gasteiger partial charge in [0, 0.05) is 24.7 Å². The number of hydrogen-bond acceptors (Lipinski definition) is 6. The van der Waals surface area contributed by atoms with Gasteiger partial charge in [0.25, 0.3) is 5.56 Å². The number of aromatic amines is 1. The first-order valence-electron chi connectivity index (χ1n) is 12.4. The number of rotatable bonds is 9. The van der Waals surface area contributed by atoms with Crippen molar-refractivity contribution >= 4 is 10.9 Å². The van der Waals surface area contributed by atoms with Crippen LogP contribution in [0, 0.1) is 0 Å². The summed E-state index contributed by atoms with van der Waals surface area (Å²) in [4.78, 5) is 18.5. The molecule has 0 amide bonds. The van der Waals surface area contributed by atoms with Gasteiger partial charge in [-0.1, -0.05) is 50.1 Å². The molecular weight excluding hydrogens is 440 g/mol. The van der Waals surface area contributed by atoms with Crippen LogP contribution in [0.5, 0.6) is 5.75 Å². The maximum atomic E-state index is 13.1. The van der Waals surface area contributed by atoms with Gasteiger partial charge in [-0.2, -0.15) is 0 Å². The molecule has 1 fully saturated rings. The minimum absolute atomic E-state index is 0.0169. The van der Waals surface area contributed by atoms with Gasteiger partial charge < -0.3 is 9.72 Å². The predicted octanol–water partition coefficient (Wildman–Crippen LogP) is 4.79. The summed E-state index contributed by atoms with van der Waals surface area (Å²) < 4.78 is 7.35. The molecule has 35 heavy (non-hydrogen) atoms. The second-order valence-electron chi connectivity index (χ2n) is 9.31. The van der Waals surface area contributed by atoms with E-state index in [2.05, 4.69) is 44.5 Å². The van der Waals surface area contributed by atoms with Crippen LogP contribution < -0.4 is 10.3 Å². The Kier molecular flexibility index (Phi) is 6.90. The zero-order chi connectivity index (χ0) is 24.2. The van der Waals surface area contributed by atoms with Crippen molar-refractivity contribution in [2.24, 2.45) is 0 Å². The molecule has 1 N–H and O–H groups in total. The molecule has 2 aromatic heterocycles. The third kappa shape index (κ3) is 4.98. The van der Waals surface area contributed by atoms with E-state index in [9.17, 15) is 4.79 Å². The number of nitrogens with one attached hydrogen (secondary N) is 1. The molecule has 0 radical (unpaired) electrons. The van der Waals surface area contributed by atoms with Crippen LogP contribution in [0.4, 0.5) is 0 Å². The molecule has 2 heterocycles. The number of H-pyrrole nitrogens is 1. The third-order valence-corrected chi connectivity index (χ3v) is 7.05. The summed E-state index contributed by atoms with van der Waals surface area (Å²) in [6, 6.07) is 18.4. The molecule has 0 saturated heterocycles. The van der Waals surface area contributed by atoms with E-state index in [4.69, 9.17) is 4.74 Å². The zero-order valence-corrected chi connectivity index (χ0v) is 20.4. The molecule has 1 saturated carbocycles. The van der Waals surface area contributed by atoms with E-state index in [1.165, 1.54) is 18.4 Å². The first kappa shape index (κ1) is 23.2. The fourth-order valence-corrected chi connectivity index (χ4v) is 5.22. The fraction of sp³-hybridized carbons (Fsp3) is 0.407. The Morgan fingerprint density at radius 3 is 2.66 bits per heavy atom. The Labute approximate surface area is 204 Å². The number of hydrogen-bond donors (Lipinski definition) is 1. The van der Waals surface area contributed by atoms with Crippen LogP contribution >= 0.6 is 0 Å². The normalized spacial score (nSPS) is 15.2. The van der Waals surface area contributed by atoms with Gasteiger partial charge in [0.2, 0.25) is 0 Å². The van der Waals surface area contributed by atoms with Crippen LogP contribution in [0.2, 0.25) is 0 Å². The minimum atomic E-state index is -0.0888. The standard InChI is InChI=1S/C27H32N6O2/c1-3-25(26-29-30-31-33(26)22-11-7-8-12-22)32(17-19-9-5-4-6-10-19)18-21-15-20-13-14-23(35-2)16-24(20)28-27(21)34/h4-6,9-10,13-16,22,25H,3,7-8,11-12,17-18H2,1-2H3,(H,28,34). The molecule has 0 bridgehead atoms.